The van der Waals surface area contributed by atoms with E-state index in [9.17, 15) is 4.79 Å². The van der Waals surface area contributed by atoms with Crippen LogP contribution >= 0.6 is 0 Å². The molecule has 0 atom stereocenters. The van der Waals surface area contributed by atoms with Crippen LogP contribution in [0, 0.1) is 6.92 Å². The standard InChI is InChI=1S/C21H20N4O2/c1-3-13-25-17-12-8-7-11-16(17)22-21(25)23-20(26)18-14(2)27-24-19(18)15-9-5-4-6-10-15/h4-12H,3,13H2,1-2H3,(H,22,23,26). The van der Waals surface area contributed by atoms with Gasteiger partial charge in [0.1, 0.15) is 17.0 Å². The minimum Gasteiger partial charge on any atom is -0.360 e. The Balaban J connectivity index is 1.73. The number of carbonyl (C=O) groups excluding carboxylic acids is 1. The molecule has 136 valence electrons. The molecule has 0 radical (unpaired) electrons. The second-order valence-corrected chi connectivity index (χ2v) is 6.36. The topological polar surface area (TPSA) is 73.0 Å². The average molecular weight is 360 g/mol. The van der Waals surface area contributed by atoms with Crippen LogP contribution in [0.2, 0.25) is 0 Å². The summed E-state index contributed by atoms with van der Waals surface area (Å²) >= 11 is 0. The van der Waals surface area contributed by atoms with Gasteiger partial charge in [0.25, 0.3) is 5.91 Å². The summed E-state index contributed by atoms with van der Waals surface area (Å²) in [4.78, 5) is 17.7. The normalized spacial score (nSPS) is 11.0. The van der Waals surface area contributed by atoms with E-state index in [0.717, 1.165) is 29.6 Å². The molecule has 0 aliphatic rings. The van der Waals surface area contributed by atoms with Crippen molar-refractivity contribution in [2.24, 2.45) is 0 Å². The van der Waals surface area contributed by atoms with E-state index in [0.29, 0.717) is 23.0 Å². The molecule has 2 aromatic carbocycles. The van der Waals surface area contributed by atoms with Crippen molar-refractivity contribution < 1.29 is 9.32 Å². The maximum atomic E-state index is 13.1. The molecule has 0 aliphatic heterocycles. The van der Waals surface area contributed by atoms with Crippen molar-refractivity contribution in [1.82, 2.24) is 14.7 Å². The van der Waals surface area contributed by atoms with Crippen molar-refractivity contribution >= 4 is 22.9 Å². The van der Waals surface area contributed by atoms with Crippen molar-refractivity contribution in [3.05, 3.63) is 65.9 Å². The maximum Gasteiger partial charge on any atom is 0.263 e. The number of aromatic nitrogens is 3. The Kier molecular flexibility index (Phi) is 4.46. The lowest BCUT2D eigenvalue weighted by Gasteiger charge is -2.09. The summed E-state index contributed by atoms with van der Waals surface area (Å²) in [5, 5.41) is 7.04. The van der Waals surface area contributed by atoms with Crippen LogP contribution in [0.3, 0.4) is 0 Å². The Bertz CT molecular complexity index is 1100. The van der Waals surface area contributed by atoms with Gasteiger partial charge in [0, 0.05) is 12.1 Å². The van der Waals surface area contributed by atoms with Crippen LogP contribution in [0.1, 0.15) is 29.5 Å². The molecule has 0 spiro atoms. The second-order valence-electron chi connectivity index (χ2n) is 6.36. The van der Waals surface area contributed by atoms with E-state index in [1.807, 2.05) is 59.2 Å². The van der Waals surface area contributed by atoms with Crippen LogP contribution in [-0.4, -0.2) is 20.6 Å². The van der Waals surface area contributed by atoms with E-state index in [-0.39, 0.29) is 5.91 Å². The number of anilines is 1. The third-order valence-electron chi connectivity index (χ3n) is 4.46. The highest BCUT2D eigenvalue weighted by atomic mass is 16.5. The molecule has 4 aromatic rings. The molecular weight excluding hydrogens is 340 g/mol. The predicted octanol–water partition coefficient (Wildman–Crippen LogP) is 4.66. The maximum absolute atomic E-state index is 13.1. The molecule has 0 saturated carbocycles. The van der Waals surface area contributed by atoms with Crippen LogP contribution in [0.15, 0.2) is 59.1 Å². The van der Waals surface area contributed by atoms with E-state index in [1.54, 1.807) is 6.92 Å². The van der Waals surface area contributed by atoms with Gasteiger partial charge in [-0.05, 0) is 25.5 Å². The number of aryl methyl sites for hydroxylation is 2. The van der Waals surface area contributed by atoms with Crippen molar-refractivity contribution in [2.45, 2.75) is 26.8 Å². The van der Waals surface area contributed by atoms with Gasteiger partial charge in [-0.25, -0.2) is 4.98 Å². The van der Waals surface area contributed by atoms with Gasteiger partial charge in [0.2, 0.25) is 5.95 Å². The number of para-hydroxylation sites is 2. The van der Waals surface area contributed by atoms with Gasteiger partial charge in [-0.2, -0.15) is 0 Å². The molecule has 2 aromatic heterocycles. The number of fused-ring (bicyclic) bond motifs is 1. The summed E-state index contributed by atoms with van der Waals surface area (Å²) in [5.41, 5.74) is 3.65. The summed E-state index contributed by atoms with van der Waals surface area (Å²) in [6, 6.07) is 17.4. The van der Waals surface area contributed by atoms with Crippen LogP contribution < -0.4 is 5.32 Å². The van der Waals surface area contributed by atoms with Gasteiger partial charge < -0.3 is 9.09 Å². The van der Waals surface area contributed by atoms with Gasteiger partial charge in [-0.3, -0.25) is 10.1 Å². The molecule has 4 rings (SSSR count). The zero-order valence-electron chi connectivity index (χ0n) is 15.3. The van der Waals surface area contributed by atoms with E-state index in [1.165, 1.54) is 0 Å². The first-order valence-electron chi connectivity index (χ1n) is 8.97. The van der Waals surface area contributed by atoms with Gasteiger partial charge in [-0.15, -0.1) is 0 Å². The number of nitrogens with zero attached hydrogens (tertiary/aromatic N) is 3. The van der Waals surface area contributed by atoms with Crippen LogP contribution in [-0.2, 0) is 6.54 Å². The Morgan fingerprint density at radius 1 is 1.11 bits per heavy atom. The summed E-state index contributed by atoms with van der Waals surface area (Å²) in [7, 11) is 0. The summed E-state index contributed by atoms with van der Waals surface area (Å²) in [6.45, 7) is 4.60. The molecule has 0 unspecified atom stereocenters. The quantitative estimate of drug-likeness (QED) is 0.562. The SMILES string of the molecule is CCCn1c(NC(=O)c2c(-c3ccccc3)noc2C)nc2ccccc21. The lowest BCUT2D eigenvalue weighted by atomic mass is 10.1. The zero-order valence-corrected chi connectivity index (χ0v) is 15.3. The lowest BCUT2D eigenvalue weighted by Crippen LogP contribution is -2.17. The third kappa shape index (κ3) is 3.10. The first-order chi connectivity index (χ1) is 13.2. The highest BCUT2D eigenvalue weighted by molar-refractivity contribution is 6.08. The number of carbonyl (C=O) groups is 1. The molecule has 2 heterocycles. The Hall–Kier alpha value is -3.41. The molecule has 0 saturated heterocycles. The number of rotatable bonds is 5. The van der Waals surface area contributed by atoms with Gasteiger partial charge in [0.05, 0.1) is 11.0 Å². The highest BCUT2D eigenvalue weighted by Crippen LogP contribution is 2.27. The number of hydrogen-bond acceptors (Lipinski definition) is 4. The number of imidazole rings is 1. The molecule has 6 nitrogen and oxygen atoms in total. The summed E-state index contributed by atoms with van der Waals surface area (Å²) in [6.07, 6.45) is 0.935. The van der Waals surface area contributed by atoms with Crippen molar-refractivity contribution in [3.8, 4) is 11.3 Å². The zero-order chi connectivity index (χ0) is 18.8. The first kappa shape index (κ1) is 17.0. The Morgan fingerprint density at radius 2 is 1.85 bits per heavy atom. The molecule has 27 heavy (non-hydrogen) atoms. The van der Waals surface area contributed by atoms with Crippen molar-refractivity contribution in [2.75, 3.05) is 5.32 Å². The first-order valence-corrected chi connectivity index (χ1v) is 8.97. The smallest absolute Gasteiger partial charge is 0.263 e. The number of amides is 1. The minimum atomic E-state index is -0.278. The molecule has 1 amide bonds. The largest absolute Gasteiger partial charge is 0.360 e. The monoisotopic (exact) mass is 360 g/mol. The molecule has 6 heteroatoms. The number of nitrogens with one attached hydrogen (secondary N) is 1. The Morgan fingerprint density at radius 3 is 2.63 bits per heavy atom. The fourth-order valence-corrected chi connectivity index (χ4v) is 3.22. The fraction of sp³-hybridized carbons (Fsp3) is 0.190. The highest BCUT2D eigenvalue weighted by Gasteiger charge is 2.23. The predicted molar refractivity (Wildman–Crippen MR) is 105 cm³/mol. The molecule has 1 N–H and O–H groups in total. The van der Waals surface area contributed by atoms with E-state index >= 15 is 0 Å². The van der Waals surface area contributed by atoms with Crippen molar-refractivity contribution in [3.63, 3.8) is 0 Å². The molecule has 0 bridgehead atoms. The van der Waals surface area contributed by atoms with Gasteiger partial charge in [-0.1, -0.05) is 54.5 Å². The van der Waals surface area contributed by atoms with Crippen LogP contribution in [0.5, 0.6) is 0 Å². The Labute approximate surface area is 156 Å². The third-order valence-corrected chi connectivity index (χ3v) is 4.46. The fourth-order valence-electron chi connectivity index (χ4n) is 3.22. The minimum absolute atomic E-state index is 0.278. The van der Waals surface area contributed by atoms with Crippen molar-refractivity contribution in [1.29, 1.82) is 0 Å². The molecule has 0 aliphatic carbocycles. The van der Waals surface area contributed by atoms with E-state index < -0.39 is 0 Å². The lowest BCUT2D eigenvalue weighted by molar-refractivity contribution is 0.102. The van der Waals surface area contributed by atoms with Gasteiger partial charge in [0.15, 0.2) is 0 Å². The van der Waals surface area contributed by atoms with E-state index in [2.05, 4.69) is 22.4 Å². The second kappa shape index (κ2) is 7.07. The van der Waals surface area contributed by atoms with Crippen LogP contribution in [0.4, 0.5) is 5.95 Å². The van der Waals surface area contributed by atoms with Crippen LogP contribution in [0.25, 0.3) is 22.3 Å². The summed E-state index contributed by atoms with van der Waals surface area (Å²) in [5.74, 6) is 0.729. The molecular formula is C21H20N4O2. The summed E-state index contributed by atoms with van der Waals surface area (Å²) < 4.78 is 7.33. The number of hydrogen-bond donors (Lipinski definition) is 1. The van der Waals surface area contributed by atoms with Gasteiger partial charge >= 0.3 is 0 Å². The number of benzene rings is 2. The average Bonchev–Trinajstić information content (AvgIpc) is 3.24. The molecule has 0 fully saturated rings. The van der Waals surface area contributed by atoms with E-state index in [4.69, 9.17) is 4.52 Å².